The number of halogens is 1. The van der Waals surface area contributed by atoms with E-state index in [1.165, 1.54) is 23.8 Å². The lowest BCUT2D eigenvalue weighted by Gasteiger charge is -2.30. The summed E-state index contributed by atoms with van der Waals surface area (Å²) in [6.45, 7) is 5.42. The lowest BCUT2D eigenvalue weighted by atomic mass is 9.93. The highest BCUT2D eigenvalue weighted by Gasteiger charge is 2.22. The second-order valence-corrected chi connectivity index (χ2v) is 5.88. The zero-order valence-electron chi connectivity index (χ0n) is 13.4. The lowest BCUT2D eigenvalue weighted by Crippen LogP contribution is -2.36. The van der Waals surface area contributed by atoms with Crippen LogP contribution in [0.25, 0.3) is 10.9 Å². The zero-order valence-corrected chi connectivity index (χ0v) is 14.2. The quantitative estimate of drug-likeness (QED) is 0.878. The molecule has 0 bridgehead atoms. The zero-order chi connectivity index (χ0) is 14.7. The Bertz CT molecular complexity index is 591. The summed E-state index contributed by atoms with van der Waals surface area (Å²) in [6, 6.07) is 4.84. The van der Waals surface area contributed by atoms with E-state index in [1.54, 1.807) is 0 Å². The van der Waals surface area contributed by atoms with Gasteiger partial charge in [0.25, 0.3) is 0 Å². The normalized spacial score (nSPS) is 21.5. The molecule has 5 heteroatoms. The molecule has 0 atom stereocenters. The predicted octanol–water partition coefficient (Wildman–Crippen LogP) is 3.85. The van der Waals surface area contributed by atoms with Gasteiger partial charge in [-0.1, -0.05) is 13.8 Å². The molecule has 2 N–H and O–H groups in total. The van der Waals surface area contributed by atoms with Crippen LogP contribution in [0.1, 0.15) is 45.1 Å². The molecule has 22 heavy (non-hydrogen) atoms. The van der Waals surface area contributed by atoms with Gasteiger partial charge in [0.05, 0.1) is 17.8 Å². The predicted molar refractivity (Wildman–Crippen MR) is 93.1 cm³/mol. The van der Waals surface area contributed by atoms with Gasteiger partial charge in [-0.15, -0.1) is 12.4 Å². The molecule has 1 aliphatic carbocycles. The third-order valence-electron chi connectivity index (χ3n) is 4.51. The van der Waals surface area contributed by atoms with Crippen LogP contribution in [-0.4, -0.2) is 28.9 Å². The van der Waals surface area contributed by atoms with E-state index in [0.29, 0.717) is 12.1 Å². The Morgan fingerprint density at radius 1 is 1.23 bits per heavy atom. The van der Waals surface area contributed by atoms with Gasteiger partial charge in [0, 0.05) is 17.0 Å². The molecule has 1 aromatic heterocycles. The van der Waals surface area contributed by atoms with Gasteiger partial charge in [0.15, 0.2) is 0 Å². The van der Waals surface area contributed by atoms with Crippen molar-refractivity contribution in [3.63, 3.8) is 0 Å². The van der Waals surface area contributed by atoms with Crippen LogP contribution in [0, 0.1) is 0 Å². The molecular weight excluding hydrogens is 298 g/mol. The first kappa shape index (κ1) is 17.1. The van der Waals surface area contributed by atoms with E-state index in [-0.39, 0.29) is 12.4 Å². The number of aryl methyl sites for hydroxylation is 1. The van der Waals surface area contributed by atoms with Crippen LogP contribution >= 0.6 is 12.4 Å². The van der Waals surface area contributed by atoms with E-state index >= 15 is 0 Å². The SMILES string of the molecule is CCN[C@H]1CC[C@@H](Oc2ccc3[nH]ncc3c2CC)CC1.Cl. The van der Waals surface area contributed by atoms with Crippen molar-refractivity contribution in [1.29, 1.82) is 0 Å². The van der Waals surface area contributed by atoms with E-state index < -0.39 is 0 Å². The molecule has 4 nitrogen and oxygen atoms in total. The molecule has 2 aromatic rings. The summed E-state index contributed by atoms with van der Waals surface area (Å²) in [7, 11) is 0. The van der Waals surface area contributed by atoms with Crippen LogP contribution < -0.4 is 10.1 Å². The molecule has 0 spiro atoms. The van der Waals surface area contributed by atoms with E-state index in [0.717, 1.165) is 37.1 Å². The Kier molecular flexibility index (Phi) is 6.09. The first-order chi connectivity index (χ1) is 10.3. The number of aromatic amines is 1. The van der Waals surface area contributed by atoms with Gasteiger partial charge in [-0.3, -0.25) is 5.10 Å². The van der Waals surface area contributed by atoms with Crippen molar-refractivity contribution in [1.82, 2.24) is 15.5 Å². The fourth-order valence-electron chi connectivity index (χ4n) is 3.38. The lowest BCUT2D eigenvalue weighted by molar-refractivity contribution is 0.139. The van der Waals surface area contributed by atoms with E-state index in [2.05, 4.69) is 41.5 Å². The second kappa shape index (κ2) is 7.84. The number of nitrogens with zero attached hydrogens (tertiary/aromatic N) is 1. The molecule has 0 aliphatic heterocycles. The van der Waals surface area contributed by atoms with Crippen molar-refractivity contribution in [2.75, 3.05) is 6.54 Å². The Labute approximate surface area is 138 Å². The molecule has 1 saturated carbocycles. The van der Waals surface area contributed by atoms with Crippen LogP contribution in [0.15, 0.2) is 18.3 Å². The minimum absolute atomic E-state index is 0. The Balaban J connectivity index is 0.00000176. The maximum atomic E-state index is 6.31. The first-order valence-electron chi connectivity index (χ1n) is 8.16. The van der Waals surface area contributed by atoms with Crippen LogP contribution in [0.3, 0.4) is 0 Å². The Hall–Kier alpha value is -1.26. The van der Waals surface area contributed by atoms with Crippen molar-refractivity contribution < 1.29 is 4.74 Å². The first-order valence-corrected chi connectivity index (χ1v) is 8.16. The van der Waals surface area contributed by atoms with Gasteiger partial charge in [0.2, 0.25) is 0 Å². The summed E-state index contributed by atoms with van der Waals surface area (Å²) >= 11 is 0. The molecule has 0 radical (unpaired) electrons. The molecule has 0 saturated heterocycles. The largest absolute Gasteiger partial charge is 0.490 e. The maximum Gasteiger partial charge on any atom is 0.123 e. The monoisotopic (exact) mass is 323 g/mol. The molecule has 3 rings (SSSR count). The molecule has 1 aromatic carbocycles. The number of H-pyrrole nitrogens is 1. The van der Waals surface area contributed by atoms with Crippen LogP contribution in [0.4, 0.5) is 0 Å². The number of aromatic nitrogens is 2. The third kappa shape index (κ3) is 3.55. The van der Waals surface area contributed by atoms with Crippen molar-refractivity contribution in [3.05, 3.63) is 23.9 Å². The number of benzene rings is 1. The van der Waals surface area contributed by atoms with Gasteiger partial charge >= 0.3 is 0 Å². The molecule has 0 amide bonds. The van der Waals surface area contributed by atoms with Crippen molar-refractivity contribution in [3.8, 4) is 5.75 Å². The van der Waals surface area contributed by atoms with E-state index in [1.807, 2.05) is 6.20 Å². The number of rotatable bonds is 5. The van der Waals surface area contributed by atoms with Crippen molar-refractivity contribution >= 4 is 23.3 Å². The minimum atomic E-state index is 0. The summed E-state index contributed by atoms with van der Waals surface area (Å²) in [5.41, 5.74) is 2.37. The van der Waals surface area contributed by atoms with Crippen LogP contribution in [-0.2, 0) is 6.42 Å². The maximum absolute atomic E-state index is 6.31. The molecule has 1 aliphatic rings. The fourth-order valence-corrected chi connectivity index (χ4v) is 3.38. The number of ether oxygens (including phenoxy) is 1. The summed E-state index contributed by atoms with van der Waals surface area (Å²) < 4.78 is 6.31. The number of nitrogens with one attached hydrogen (secondary N) is 2. The van der Waals surface area contributed by atoms with Gasteiger partial charge in [0.1, 0.15) is 5.75 Å². The molecule has 122 valence electrons. The minimum Gasteiger partial charge on any atom is -0.490 e. The molecule has 1 fully saturated rings. The number of hydrogen-bond donors (Lipinski definition) is 2. The Morgan fingerprint density at radius 3 is 2.68 bits per heavy atom. The van der Waals surface area contributed by atoms with E-state index in [4.69, 9.17) is 4.74 Å². The second-order valence-electron chi connectivity index (χ2n) is 5.88. The van der Waals surface area contributed by atoms with Gasteiger partial charge in [-0.25, -0.2) is 0 Å². The summed E-state index contributed by atoms with van der Waals surface area (Å²) in [5, 5.41) is 11.9. The molecular formula is C17H26ClN3O. The smallest absolute Gasteiger partial charge is 0.123 e. The van der Waals surface area contributed by atoms with Gasteiger partial charge < -0.3 is 10.1 Å². The summed E-state index contributed by atoms with van der Waals surface area (Å²) in [6.07, 6.45) is 7.95. The third-order valence-corrected chi connectivity index (χ3v) is 4.51. The summed E-state index contributed by atoms with van der Waals surface area (Å²) in [5.74, 6) is 1.04. The number of fused-ring (bicyclic) bond motifs is 1. The average molecular weight is 324 g/mol. The highest BCUT2D eigenvalue weighted by atomic mass is 35.5. The molecule has 0 unspecified atom stereocenters. The highest BCUT2D eigenvalue weighted by molar-refractivity contribution is 5.85. The van der Waals surface area contributed by atoms with E-state index in [9.17, 15) is 0 Å². The standard InChI is InChI=1S/C17H25N3O.ClH/c1-3-14-15-11-19-20-16(15)9-10-17(14)21-13-7-5-12(6-8-13)18-4-2;/h9-13,18H,3-8H2,1-2H3,(H,19,20);1H/t12-,13+;. The van der Waals surface area contributed by atoms with Crippen molar-refractivity contribution in [2.45, 2.75) is 58.1 Å². The number of hydrogen-bond acceptors (Lipinski definition) is 3. The fraction of sp³-hybridized carbons (Fsp3) is 0.588. The van der Waals surface area contributed by atoms with Gasteiger partial charge in [-0.05, 0) is 50.8 Å². The average Bonchev–Trinajstić information content (AvgIpc) is 2.98. The molecule has 1 heterocycles. The van der Waals surface area contributed by atoms with Crippen LogP contribution in [0.2, 0.25) is 0 Å². The summed E-state index contributed by atoms with van der Waals surface area (Å²) in [4.78, 5) is 0. The van der Waals surface area contributed by atoms with Gasteiger partial charge in [-0.2, -0.15) is 5.10 Å². The topological polar surface area (TPSA) is 49.9 Å². The highest BCUT2D eigenvalue weighted by Crippen LogP contribution is 2.31. The Morgan fingerprint density at radius 2 is 2.00 bits per heavy atom. The van der Waals surface area contributed by atoms with Crippen molar-refractivity contribution in [2.24, 2.45) is 0 Å². The van der Waals surface area contributed by atoms with Crippen LogP contribution in [0.5, 0.6) is 5.75 Å².